The van der Waals surface area contributed by atoms with Crippen molar-refractivity contribution in [1.82, 2.24) is 5.32 Å². The Bertz CT molecular complexity index is 959. The summed E-state index contributed by atoms with van der Waals surface area (Å²) in [5, 5.41) is 6.33. The van der Waals surface area contributed by atoms with E-state index in [0.29, 0.717) is 27.6 Å². The van der Waals surface area contributed by atoms with Gasteiger partial charge in [0.1, 0.15) is 5.75 Å². The molecular weight excluding hydrogens is 376 g/mol. The molecule has 0 spiro atoms. The molecule has 0 aliphatic heterocycles. The molecule has 0 fully saturated rings. The van der Waals surface area contributed by atoms with Crippen molar-refractivity contribution in [3.05, 3.63) is 95.0 Å². The predicted octanol–water partition coefficient (Wildman–Crippen LogP) is 4.40. The molecule has 5 nitrogen and oxygen atoms in total. The van der Waals surface area contributed by atoms with Crippen LogP contribution in [0.4, 0.5) is 5.69 Å². The number of carbonyl (C=O) groups is 2. The number of amides is 1. The molecule has 2 N–H and O–H groups in total. The van der Waals surface area contributed by atoms with Gasteiger partial charge < -0.3 is 15.4 Å². The van der Waals surface area contributed by atoms with Crippen molar-refractivity contribution in [2.75, 3.05) is 12.4 Å². The molecule has 0 aliphatic rings. The molecule has 0 aromatic heterocycles. The van der Waals surface area contributed by atoms with Crippen molar-refractivity contribution in [1.29, 1.82) is 0 Å². The van der Waals surface area contributed by atoms with Gasteiger partial charge in [-0.15, -0.1) is 0 Å². The molecule has 1 atom stereocenters. The van der Waals surface area contributed by atoms with E-state index < -0.39 is 6.17 Å². The maximum absolute atomic E-state index is 13.0. The Hall–Kier alpha value is -3.31. The monoisotopic (exact) mass is 394 g/mol. The standard InChI is InChI=1S/C22H19ClN2O3/c1-28-19-12-10-16(11-13-19)22(27)25-21(20(26)15-6-3-2-4-7-15)24-18-9-5-8-17(23)14-18/h2-14,21,24H,1H3,(H,25,27)/t21-/m1/s1. The fourth-order valence-corrected chi connectivity index (χ4v) is 2.83. The van der Waals surface area contributed by atoms with Crippen LogP contribution < -0.4 is 15.4 Å². The molecule has 0 bridgehead atoms. The smallest absolute Gasteiger partial charge is 0.253 e. The maximum Gasteiger partial charge on any atom is 0.253 e. The largest absolute Gasteiger partial charge is 0.497 e. The highest BCUT2D eigenvalue weighted by Gasteiger charge is 2.22. The molecule has 6 heteroatoms. The Morgan fingerprint density at radius 2 is 1.61 bits per heavy atom. The zero-order valence-electron chi connectivity index (χ0n) is 15.2. The van der Waals surface area contributed by atoms with E-state index in [4.69, 9.17) is 16.3 Å². The molecular formula is C22H19ClN2O3. The van der Waals surface area contributed by atoms with E-state index in [1.807, 2.05) is 6.07 Å². The number of nitrogens with one attached hydrogen (secondary N) is 2. The summed E-state index contributed by atoms with van der Waals surface area (Å²) in [5.74, 6) is -0.000543. The highest BCUT2D eigenvalue weighted by molar-refractivity contribution is 6.30. The van der Waals surface area contributed by atoms with Crippen molar-refractivity contribution in [3.63, 3.8) is 0 Å². The fourth-order valence-electron chi connectivity index (χ4n) is 2.64. The summed E-state index contributed by atoms with van der Waals surface area (Å²) in [4.78, 5) is 25.6. The number of ketones is 1. The first-order valence-corrected chi connectivity index (χ1v) is 9.01. The number of hydrogen-bond acceptors (Lipinski definition) is 4. The minimum absolute atomic E-state index is 0.262. The average molecular weight is 395 g/mol. The van der Waals surface area contributed by atoms with E-state index >= 15 is 0 Å². The summed E-state index contributed by atoms with van der Waals surface area (Å²) in [6, 6.07) is 22.4. The summed E-state index contributed by atoms with van der Waals surface area (Å²) in [6.45, 7) is 0. The minimum atomic E-state index is -0.963. The number of rotatable bonds is 7. The average Bonchev–Trinajstić information content (AvgIpc) is 2.73. The Morgan fingerprint density at radius 3 is 2.25 bits per heavy atom. The van der Waals surface area contributed by atoms with Gasteiger partial charge in [-0.2, -0.15) is 0 Å². The molecule has 3 aromatic rings. The zero-order chi connectivity index (χ0) is 19.9. The topological polar surface area (TPSA) is 67.4 Å². The zero-order valence-corrected chi connectivity index (χ0v) is 15.9. The van der Waals surface area contributed by atoms with Crippen molar-refractivity contribution in [2.24, 2.45) is 0 Å². The minimum Gasteiger partial charge on any atom is -0.497 e. The summed E-state index contributed by atoms with van der Waals surface area (Å²) in [5.41, 5.74) is 1.52. The molecule has 0 saturated heterocycles. The SMILES string of the molecule is COc1ccc(C(=O)N[C@@H](Nc2cccc(Cl)c2)C(=O)c2ccccc2)cc1. The van der Waals surface area contributed by atoms with E-state index in [-0.39, 0.29) is 11.7 Å². The molecule has 0 heterocycles. The molecule has 3 rings (SSSR count). The number of benzene rings is 3. The van der Waals surface area contributed by atoms with Gasteiger partial charge in [0.05, 0.1) is 7.11 Å². The fraction of sp³-hybridized carbons (Fsp3) is 0.0909. The number of halogens is 1. The van der Waals surface area contributed by atoms with E-state index in [0.717, 1.165) is 0 Å². The van der Waals surface area contributed by atoms with Crippen LogP contribution in [0, 0.1) is 0 Å². The number of methoxy groups -OCH3 is 1. The number of ether oxygens (including phenoxy) is 1. The van der Waals surface area contributed by atoms with Crippen LogP contribution in [0.1, 0.15) is 20.7 Å². The molecule has 1 amide bonds. The Kier molecular flexibility index (Phi) is 6.29. The first kappa shape index (κ1) is 19.5. The van der Waals surface area contributed by atoms with Gasteiger partial charge in [-0.05, 0) is 42.5 Å². The van der Waals surface area contributed by atoms with Crippen LogP contribution in [-0.4, -0.2) is 25.0 Å². The van der Waals surface area contributed by atoms with Gasteiger partial charge in [-0.1, -0.05) is 48.0 Å². The van der Waals surface area contributed by atoms with Gasteiger partial charge >= 0.3 is 0 Å². The van der Waals surface area contributed by atoms with Crippen LogP contribution in [0.3, 0.4) is 0 Å². The van der Waals surface area contributed by atoms with Crippen LogP contribution in [-0.2, 0) is 0 Å². The number of carbonyl (C=O) groups excluding carboxylic acids is 2. The number of anilines is 1. The lowest BCUT2D eigenvalue weighted by Crippen LogP contribution is -2.46. The molecule has 3 aromatic carbocycles. The first-order chi connectivity index (χ1) is 13.6. The van der Waals surface area contributed by atoms with Crippen LogP contribution in [0.25, 0.3) is 0 Å². The quantitative estimate of drug-likeness (QED) is 0.460. The van der Waals surface area contributed by atoms with Gasteiger partial charge in [0, 0.05) is 21.8 Å². The van der Waals surface area contributed by atoms with E-state index in [1.165, 1.54) is 0 Å². The molecule has 142 valence electrons. The van der Waals surface area contributed by atoms with Gasteiger partial charge in [0.15, 0.2) is 6.17 Å². The van der Waals surface area contributed by atoms with Crippen molar-refractivity contribution >= 4 is 29.0 Å². The molecule has 0 saturated carbocycles. The Labute approximate surface area is 168 Å². The lowest BCUT2D eigenvalue weighted by atomic mass is 10.1. The third-order valence-corrected chi connectivity index (χ3v) is 4.32. The lowest BCUT2D eigenvalue weighted by Gasteiger charge is -2.20. The van der Waals surface area contributed by atoms with Gasteiger partial charge in [0.2, 0.25) is 5.78 Å². The second-order valence-electron chi connectivity index (χ2n) is 6.02. The van der Waals surface area contributed by atoms with Crippen LogP contribution >= 0.6 is 11.6 Å². The second kappa shape index (κ2) is 9.06. The van der Waals surface area contributed by atoms with Crippen molar-refractivity contribution in [2.45, 2.75) is 6.17 Å². The second-order valence-corrected chi connectivity index (χ2v) is 6.46. The highest BCUT2D eigenvalue weighted by Crippen LogP contribution is 2.17. The first-order valence-electron chi connectivity index (χ1n) is 8.63. The van der Waals surface area contributed by atoms with Crippen molar-refractivity contribution in [3.8, 4) is 5.75 Å². The third kappa shape index (κ3) is 4.90. The molecule has 28 heavy (non-hydrogen) atoms. The van der Waals surface area contributed by atoms with Crippen LogP contribution in [0.15, 0.2) is 78.9 Å². The van der Waals surface area contributed by atoms with E-state index in [1.54, 1.807) is 79.9 Å². The highest BCUT2D eigenvalue weighted by atomic mass is 35.5. The van der Waals surface area contributed by atoms with Crippen molar-refractivity contribution < 1.29 is 14.3 Å². The van der Waals surface area contributed by atoms with E-state index in [2.05, 4.69) is 10.6 Å². The summed E-state index contributed by atoms with van der Waals surface area (Å²) >= 11 is 6.03. The normalized spacial score (nSPS) is 11.4. The van der Waals surface area contributed by atoms with Crippen LogP contribution in [0.2, 0.25) is 5.02 Å². The summed E-state index contributed by atoms with van der Waals surface area (Å²) in [7, 11) is 1.55. The van der Waals surface area contributed by atoms with Gasteiger partial charge in [-0.3, -0.25) is 9.59 Å². The van der Waals surface area contributed by atoms with Gasteiger partial charge in [-0.25, -0.2) is 0 Å². The molecule has 0 unspecified atom stereocenters. The molecule has 0 radical (unpaired) electrons. The Morgan fingerprint density at radius 1 is 0.893 bits per heavy atom. The third-order valence-electron chi connectivity index (χ3n) is 4.08. The predicted molar refractivity (Wildman–Crippen MR) is 110 cm³/mol. The Balaban J connectivity index is 1.84. The van der Waals surface area contributed by atoms with E-state index in [9.17, 15) is 9.59 Å². The summed E-state index contributed by atoms with van der Waals surface area (Å²) < 4.78 is 5.11. The summed E-state index contributed by atoms with van der Waals surface area (Å²) in [6.07, 6.45) is -0.963. The molecule has 0 aliphatic carbocycles. The lowest BCUT2D eigenvalue weighted by molar-refractivity contribution is 0.0869. The number of hydrogen-bond donors (Lipinski definition) is 2. The van der Waals surface area contributed by atoms with Gasteiger partial charge in [0.25, 0.3) is 5.91 Å². The maximum atomic E-state index is 13.0. The van der Waals surface area contributed by atoms with Crippen LogP contribution in [0.5, 0.6) is 5.75 Å². The number of Topliss-reactive ketones (excluding diaryl/α,β-unsaturated/α-hetero) is 1.